The molecule has 2 rings (SSSR count). The standard InChI is InChI=1S/C16H21N3O2S2/c1-10-5-6-13(7-11(10)2)12(3)17-14(20)8-23-16-19-18-15(21-16)9-22-4/h5-7,12H,8-9H2,1-4H3,(H,17,20). The van der Waals surface area contributed by atoms with Crippen LogP contribution in [0.1, 0.15) is 35.5 Å². The first-order valence-electron chi connectivity index (χ1n) is 7.30. The molecule has 0 aliphatic heterocycles. The highest BCUT2D eigenvalue weighted by atomic mass is 32.2. The highest BCUT2D eigenvalue weighted by Crippen LogP contribution is 2.19. The Kier molecular flexibility index (Phi) is 6.53. The number of nitrogens with zero attached hydrogens (tertiary/aromatic N) is 2. The van der Waals surface area contributed by atoms with Crippen molar-refractivity contribution in [2.24, 2.45) is 0 Å². The Morgan fingerprint density at radius 2 is 2.09 bits per heavy atom. The third-order valence-corrected chi connectivity index (χ3v) is 4.81. The lowest BCUT2D eigenvalue weighted by atomic mass is 10.0. The second kappa shape index (κ2) is 8.40. The molecule has 0 saturated carbocycles. The second-order valence-corrected chi connectivity index (χ2v) is 7.11. The van der Waals surface area contributed by atoms with E-state index in [4.69, 9.17) is 4.42 Å². The molecule has 1 aromatic carbocycles. The number of amides is 1. The molecule has 0 fully saturated rings. The third-order valence-electron chi connectivity index (χ3n) is 3.45. The van der Waals surface area contributed by atoms with Crippen LogP contribution >= 0.6 is 23.5 Å². The van der Waals surface area contributed by atoms with Crippen molar-refractivity contribution in [2.45, 2.75) is 37.8 Å². The van der Waals surface area contributed by atoms with Gasteiger partial charge in [0.05, 0.1) is 17.5 Å². The maximum atomic E-state index is 12.1. The average molecular weight is 351 g/mol. The maximum absolute atomic E-state index is 12.1. The molecule has 1 N–H and O–H groups in total. The van der Waals surface area contributed by atoms with Crippen molar-refractivity contribution in [3.8, 4) is 0 Å². The molecule has 5 nitrogen and oxygen atoms in total. The van der Waals surface area contributed by atoms with Gasteiger partial charge in [-0.05, 0) is 43.7 Å². The summed E-state index contributed by atoms with van der Waals surface area (Å²) in [7, 11) is 0. The van der Waals surface area contributed by atoms with Gasteiger partial charge in [0.15, 0.2) is 0 Å². The quantitative estimate of drug-likeness (QED) is 0.770. The number of carbonyl (C=O) groups excluding carboxylic acids is 1. The summed E-state index contributed by atoms with van der Waals surface area (Å²) in [4.78, 5) is 12.1. The first kappa shape index (κ1) is 17.9. The van der Waals surface area contributed by atoms with Crippen molar-refractivity contribution in [1.82, 2.24) is 15.5 Å². The molecule has 0 bridgehead atoms. The van der Waals surface area contributed by atoms with Crippen LogP contribution in [-0.2, 0) is 10.5 Å². The second-order valence-electron chi connectivity index (χ2n) is 5.32. The third kappa shape index (κ3) is 5.28. The molecule has 0 aliphatic carbocycles. The minimum absolute atomic E-state index is 0.0304. The minimum Gasteiger partial charge on any atom is -0.415 e. The van der Waals surface area contributed by atoms with Crippen LogP contribution in [-0.4, -0.2) is 28.1 Å². The smallest absolute Gasteiger partial charge is 0.277 e. The van der Waals surface area contributed by atoms with Crippen molar-refractivity contribution in [1.29, 1.82) is 0 Å². The first-order chi connectivity index (χ1) is 11.0. The maximum Gasteiger partial charge on any atom is 0.277 e. The number of carbonyl (C=O) groups is 1. The molecule has 2 aromatic rings. The van der Waals surface area contributed by atoms with Gasteiger partial charge < -0.3 is 9.73 Å². The van der Waals surface area contributed by atoms with Crippen molar-refractivity contribution < 1.29 is 9.21 Å². The summed E-state index contributed by atoms with van der Waals surface area (Å²) in [6.45, 7) is 6.13. The summed E-state index contributed by atoms with van der Waals surface area (Å²) >= 11 is 2.87. The van der Waals surface area contributed by atoms with E-state index in [0.29, 0.717) is 16.9 Å². The van der Waals surface area contributed by atoms with Gasteiger partial charge in [-0.15, -0.1) is 10.2 Å². The van der Waals surface area contributed by atoms with Gasteiger partial charge in [0.25, 0.3) is 5.22 Å². The van der Waals surface area contributed by atoms with E-state index < -0.39 is 0 Å². The van der Waals surface area contributed by atoms with Gasteiger partial charge >= 0.3 is 0 Å². The van der Waals surface area contributed by atoms with E-state index >= 15 is 0 Å². The fourth-order valence-electron chi connectivity index (χ4n) is 2.01. The van der Waals surface area contributed by atoms with E-state index in [2.05, 4.69) is 41.5 Å². The Labute approximate surface area is 145 Å². The highest BCUT2D eigenvalue weighted by molar-refractivity contribution is 7.99. The number of rotatable bonds is 7. The molecular formula is C16H21N3O2S2. The summed E-state index contributed by atoms with van der Waals surface area (Å²) < 4.78 is 5.43. The topological polar surface area (TPSA) is 68.0 Å². The zero-order valence-electron chi connectivity index (χ0n) is 13.8. The van der Waals surface area contributed by atoms with Gasteiger partial charge in [-0.25, -0.2) is 0 Å². The number of benzene rings is 1. The summed E-state index contributed by atoms with van der Waals surface area (Å²) in [6.07, 6.45) is 1.97. The molecule has 7 heteroatoms. The van der Waals surface area contributed by atoms with Crippen LogP contribution < -0.4 is 5.32 Å². The first-order valence-corrected chi connectivity index (χ1v) is 9.68. The molecule has 1 amide bonds. The Hall–Kier alpha value is -1.47. The molecule has 0 saturated heterocycles. The van der Waals surface area contributed by atoms with Crippen LogP contribution in [0.15, 0.2) is 27.8 Å². The van der Waals surface area contributed by atoms with E-state index in [0.717, 1.165) is 5.56 Å². The number of thioether (sulfide) groups is 2. The summed E-state index contributed by atoms with van der Waals surface area (Å²) in [5.41, 5.74) is 3.58. The Morgan fingerprint density at radius 1 is 1.30 bits per heavy atom. The largest absolute Gasteiger partial charge is 0.415 e. The van der Waals surface area contributed by atoms with E-state index in [-0.39, 0.29) is 17.7 Å². The van der Waals surface area contributed by atoms with E-state index in [9.17, 15) is 4.79 Å². The molecule has 0 aliphatic rings. The minimum atomic E-state index is -0.0506. The lowest BCUT2D eigenvalue weighted by molar-refractivity contribution is -0.119. The number of nitrogens with one attached hydrogen (secondary N) is 1. The van der Waals surface area contributed by atoms with Gasteiger partial charge in [0.2, 0.25) is 11.8 Å². The van der Waals surface area contributed by atoms with E-state index in [1.165, 1.54) is 22.9 Å². The molecule has 1 atom stereocenters. The number of hydrogen-bond donors (Lipinski definition) is 1. The molecule has 124 valence electrons. The Bertz CT molecular complexity index is 673. The number of aryl methyl sites for hydroxylation is 2. The Balaban J connectivity index is 1.84. The van der Waals surface area contributed by atoms with E-state index in [1.807, 2.05) is 19.2 Å². The lowest BCUT2D eigenvalue weighted by Gasteiger charge is -2.15. The highest BCUT2D eigenvalue weighted by Gasteiger charge is 2.13. The number of hydrogen-bond acceptors (Lipinski definition) is 6. The van der Waals surface area contributed by atoms with E-state index in [1.54, 1.807) is 11.8 Å². The van der Waals surface area contributed by atoms with Crippen molar-refractivity contribution in [3.63, 3.8) is 0 Å². The summed E-state index contributed by atoms with van der Waals surface area (Å²) in [5.74, 6) is 1.48. The predicted molar refractivity (Wildman–Crippen MR) is 94.7 cm³/mol. The monoisotopic (exact) mass is 351 g/mol. The fourth-order valence-corrected chi connectivity index (χ4v) is 2.96. The zero-order valence-corrected chi connectivity index (χ0v) is 15.4. The van der Waals surface area contributed by atoms with Gasteiger partial charge in [0, 0.05) is 0 Å². The Morgan fingerprint density at radius 3 is 2.78 bits per heavy atom. The summed E-state index contributed by atoms with van der Waals surface area (Å²) in [5, 5.41) is 11.3. The van der Waals surface area contributed by atoms with Gasteiger partial charge in [-0.1, -0.05) is 30.0 Å². The van der Waals surface area contributed by atoms with Crippen molar-refractivity contribution >= 4 is 29.4 Å². The molecular weight excluding hydrogens is 330 g/mol. The van der Waals surface area contributed by atoms with Crippen LogP contribution in [0.2, 0.25) is 0 Å². The van der Waals surface area contributed by atoms with Crippen molar-refractivity contribution in [3.05, 3.63) is 40.8 Å². The molecule has 1 heterocycles. The normalized spacial score (nSPS) is 12.2. The van der Waals surface area contributed by atoms with Crippen LogP contribution in [0.25, 0.3) is 0 Å². The molecule has 1 aromatic heterocycles. The SMILES string of the molecule is CSCc1nnc(SCC(=O)NC(C)c2ccc(C)c(C)c2)o1. The molecule has 0 radical (unpaired) electrons. The summed E-state index contributed by atoms with van der Waals surface area (Å²) in [6, 6.07) is 6.21. The van der Waals surface area contributed by atoms with Crippen LogP contribution in [0.5, 0.6) is 0 Å². The average Bonchev–Trinajstić information content (AvgIpc) is 2.96. The number of aromatic nitrogens is 2. The van der Waals surface area contributed by atoms with Crippen LogP contribution in [0.4, 0.5) is 0 Å². The van der Waals surface area contributed by atoms with Gasteiger partial charge in [0.1, 0.15) is 0 Å². The fraction of sp³-hybridized carbons (Fsp3) is 0.438. The van der Waals surface area contributed by atoms with Gasteiger partial charge in [-0.2, -0.15) is 11.8 Å². The molecule has 0 spiro atoms. The van der Waals surface area contributed by atoms with Crippen LogP contribution in [0.3, 0.4) is 0 Å². The molecule has 23 heavy (non-hydrogen) atoms. The molecule has 1 unspecified atom stereocenters. The predicted octanol–water partition coefficient (Wildman–Crippen LogP) is 3.52. The van der Waals surface area contributed by atoms with Crippen LogP contribution in [0, 0.1) is 13.8 Å². The lowest BCUT2D eigenvalue weighted by Crippen LogP contribution is -2.28. The zero-order chi connectivity index (χ0) is 16.8. The van der Waals surface area contributed by atoms with Crippen molar-refractivity contribution in [2.75, 3.05) is 12.0 Å². The van der Waals surface area contributed by atoms with Gasteiger partial charge in [-0.3, -0.25) is 4.79 Å².